The summed E-state index contributed by atoms with van der Waals surface area (Å²) in [6.07, 6.45) is 4.59. The SMILES string of the molecule is CC(C)c1cc(=O)n(CC2CCN(CC3CNC(=O)C3)CC2)cn1. The lowest BCUT2D eigenvalue weighted by Crippen LogP contribution is -2.39. The number of rotatable bonds is 5. The molecule has 1 aromatic rings. The summed E-state index contributed by atoms with van der Waals surface area (Å²) < 4.78 is 1.76. The van der Waals surface area contributed by atoms with Gasteiger partial charge in [-0.3, -0.25) is 14.2 Å². The zero-order valence-corrected chi connectivity index (χ0v) is 14.7. The molecule has 2 aliphatic heterocycles. The van der Waals surface area contributed by atoms with E-state index in [1.54, 1.807) is 17.0 Å². The van der Waals surface area contributed by atoms with Crippen LogP contribution >= 0.6 is 0 Å². The molecule has 1 unspecified atom stereocenters. The van der Waals surface area contributed by atoms with Gasteiger partial charge in [0, 0.05) is 32.1 Å². The molecule has 2 saturated heterocycles. The average molecular weight is 332 g/mol. The van der Waals surface area contributed by atoms with E-state index in [-0.39, 0.29) is 17.4 Å². The maximum Gasteiger partial charge on any atom is 0.253 e. The Balaban J connectivity index is 1.48. The molecule has 0 aliphatic carbocycles. The summed E-state index contributed by atoms with van der Waals surface area (Å²) in [5.41, 5.74) is 0.928. The molecule has 0 aromatic carbocycles. The van der Waals surface area contributed by atoms with E-state index in [4.69, 9.17) is 0 Å². The number of aromatic nitrogens is 2. The van der Waals surface area contributed by atoms with Gasteiger partial charge in [-0.1, -0.05) is 13.8 Å². The highest BCUT2D eigenvalue weighted by Crippen LogP contribution is 2.21. The summed E-state index contributed by atoms with van der Waals surface area (Å²) in [6, 6.07) is 1.67. The molecule has 3 heterocycles. The summed E-state index contributed by atoms with van der Waals surface area (Å²) in [6.45, 7) is 8.81. The monoisotopic (exact) mass is 332 g/mol. The molecule has 1 amide bonds. The lowest BCUT2D eigenvalue weighted by Gasteiger charge is -2.33. The Labute approximate surface area is 143 Å². The summed E-state index contributed by atoms with van der Waals surface area (Å²) in [4.78, 5) is 30.4. The quantitative estimate of drug-likeness (QED) is 0.880. The molecule has 2 fully saturated rings. The minimum Gasteiger partial charge on any atom is -0.356 e. The van der Waals surface area contributed by atoms with Gasteiger partial charge >= 0.3 is 0 Å². The zero-order valence-electron chi connectivity index (χ0n) is 14.7. The van der Waals surface area contributed by atoms with Crippen molar-refractivity contribution in [2.45, 2.75) is 45.6 Å². The van der Waals surface area contributed by atoms with Gasteiger partial charge in [0.05, 0.1) is 12.0 Å². The van der Waals surface area contributed by atoms with Crippen molar-refractivity contribution in [3.63, 3.8) is 0 Å². The second-order valence-corrected chi connectivity index (χ2v) is 7.58. The molecule has 3 rings (SSSR count). The first kappa shape index (κ1) is 17.1. The highest BCUT2D eigenvalue weighted by molar-refractivity contribution is 5.78. The third kappa shape index (κ3) is 4.23. The predicted molar refractivity (Wildman–Crippen MR) is 92.9 cm³/mol. The Hall–Kier alpha value is -1.69. The molecule has 2 aliphatic rings. The van der Waals surface area contributed by atoms with E-state index < -0.39 is 0 Å². The van der Waals surface area contributed by atoms with Crippen LogP contribution in [-0.4, -0.2) is 46.5 Å². The maximum absolute atomic E-state index is 12.2. The van der Waals surface area contributed by atoms with Crippen LogP contribution < -0.4 is 10.9 Å². The largest absolute Gasteiger partial charge is 0.356 e. The summed E-state index contributed by atoms with van der Waals surface area (Å²) in [5.74, 6) is 1.47. The molecule has 1 N–H and O–H groups in total. The van der Waals surface area contributed by atoms with E-state index in [9.17, 15) is 9.59 Å². The van der Waals surface area contributed by atoms with Crippen LogP contribution in [0, 0.1) is 11.8 Å². The molecular formula is C18H28N4O2. The van der Waals surface area contributed by atoms with Crippen LogP contribution in [0.2, 0.25) is 0 Å². The topological polar surface area (TPSA) is 67.2 Å². The predicted octanol–water partition coefficient (Wildman–Crippen LogP) is 1.21. The zero-order chi connectivity index (χ0) is 17.1. The Morgan fingerprint density at radius 1 is 1.21 bits per heavy atom. The van der Waals surface area contributed by atoms with Crippen LogP contribution in [0.1, 0.15) is 44.7 Å². The molecule has 6 nitrogen and oxygen atoms in total. The molecule has 6 heteroatoms. The third-order valence-electron chi connectivity index (χ3n) is 5.23. The first-order valence-corrected chi connectivity index (χ1v) is 9.06. The van der Waals surface area contributed by atoms with Crippen molar-refractivity contribution in [3.8, 4) is 0 Å². The first-order chi connectivity index (χ1) is 11.5. The van der Waals surface area contributed by atoms with E-state index in [0.29, 0.717) is 18.3 Å². The third-order valence-corrected chi connectivity index (χ3v) is 5.23. The van der Waals surface area contributed by atoms with Gasteiger partial charge in [0.15, 0.2) is 0 Å². The highest BCUT2D eigenvalue weighted by atomic mass is 16.2. The minimum absolute atomic E-state index is 0.0617. The molecular weight excluding hydrogens is 304 g/mol. The number of piperidine rings is 1. The van der Waals surface area contributed by atoms with E-state index in [0.717, 1.165) is 51.3 Å². The second kappa shape index (κ2) is 7.47. The molecule has 24 heavy (non-hydrogen) atoms. The second-order valence-electron chi connectivity index (χ2n) is 7.58. The molecule has 0 bridgehead atoms. The van der Waals surface area contributed by atoms with Crippen molar-refractivity contribution in [3.05, 3.63) is 28.4 Å². The number of nitrogens with one attached hydrogen (secondary N) is 1. The van der Waals surface area contributed by atoms with Crippen molar-refractivity contribution in [2.75, 3.05) is 26.2 Å². The molecule has 0 spiro atoms. The Morgan fingerprint density at radius 2 is 1.96 bits per heavy atom. The smallest absolute Gasteiger partial charge is 0.253 e. The van der Waals surface area contributed by atoms with E-state index >= 15 is 0 Å². The summed E-state index contributed by atoms with van der Waals surface area (Å²) in [5, 5.41) is 2.91. The molecule has 132 valence electrons. The van der Waals surface area contributed by atoms with Gasteiger partial charge < -0.3 is 10.2 Å². The van der Waals surface area contributed by atoms with E-state index in [2.05, 4.69) is 29.0 Å². The Kier molecular flexibility index (Phi) is 5.33. The Morgan fingerprint density at radius 3 is 2.54 bits per heavy atom. The van der Waals surface area contributed by atoms with Crippen LogP contribution in [0.15, 0.2) is 17.2 Å². The fourth-order valence-electron chi connectivity index (χ4n) is 3.68. The van der Waals surface area contributed by atoms with Gasteiger partial charge in [-0.05, 0) is 43.7 Å². The van der Waals surface area contributed by atoms with Gasteiger partial charge in [-0.15, -0.1) is 0 Å². The van der Waals surface area contributed by atoms with Crippen molar-refractivity contribution in [2.24, 2.45) is 11.8 Å². The Bertz CT molecular complexity index is 632. The molecule has 0 saturated carbocycles. The van der Waals surface area contributed by atoms with Crippen LogP contribution in [0.25, 0.3) is 0 Å². The van der Waals surface area contributed by atoms with Crippen LogP contribution in [-0.2, 0) is 11.3 Å². The maximum atomic E-state index is 12.2. The fourth-order valence-corrected chi connectivity index (χ4v) is 3.68. The van der Waals surface area contributed by atoms with Crippen molar-refractivity contribution >= 4 is 5.91 Å². The number of nitrogens with zero attached hydrogens (tertiary/aromatic N) is 3. The average Bonchev–Trinajstić information content (AvgIpc) is 2.96. The number of carbonyl (C=O) groups excluding carboxylic acids is 1. The number of likely N-dealkylation sites (tertiary alicyclic amines) is 1. The highest BCUT2D eigenvalue weighted by Gasteiger charge is 2.26. The standard InChI is InChI=1S/C18H28N4O2/c1-13(2)16-8-18(24)22(12-20-16)11-14-3-5-21(6-4-14)10-15-7-17(23)19-9-15/h8,12-15H,3-7,9-11H2,1-2H3,(H,19,23). The van der Waals surface area contributed by atoms with Gasteiger partial charge in [0.2, 0.25) is 5.91 Å². The van der Waals surface area contributed by atoms with Gasteiger partial charge in [0.25, 0.3) is 5.56 Å². The van der Waals surface area contributed by atoms with Crippen LogP contribution in [0.5, 0.6) is 0 Å². The fraction of sp³-hybridized carbons (Fsp3) is 0.722. The van der Waals surface area contributed by atoms with Gasteiger partial charge in [0.1, 0.15) is 0 Å². The van der Waals surface area contributed by atoms with Crippen LogP contribution in [0.4, 0.5) is 0 Å². The van der Waals surface area contributed by atoms with Crippen molar-refractivity contribution in [1.82, 2.24) is 19.8 Å². The summed E-state index contributed by atoms with van der Waals surface area (Å²) >= 11 is 0. The molecule has 0 radical (unpaired) electrons. The molecule has 1 aromatic heterocycles. The lowest BCUT2D eigenvalue weighted by molar-refractivity contribution is -0.119. The lowest BCUT2D eigenvalue weighted by atomic mass is 9.95. The van der Waals surface area contributed by atoms with Crippen molar-refractivity contribution < 1.29 is 4.79 Å². The first-order valence-electron chi connectivity index (χ1n) is 9.06. The summed E-state index contributed by atoms with van der Waals surface area (Å²) in [7, 11) is 0. The van der Waals surface area contributed by atoms with Gasteiger partial charge in [-0.25, -0.2) is 4.98 Å². The normalized spacial score (nSPS) is 23.0. The molecule has 1 atom stereocenters. The van der Waals surface area contributed by atoms with E-state index in [1.165, 1.54) is 0 Å². The number of amides is 1. The number of hydrogen-bond donors (Lipinski definition) is 1. The minimum atomic E-state index is 0.0617. The number of hydrogen-bond acceptors (Lipinski definition) is 4. The van der Waals surface area contributed by atoms with Crippen LogP contribution in [0.3, 0.4) is 0 Å². The van der Waals surface area contributed by atoms with E-state index in [1.807, 2.05) is 0 Å². The van der Waals surface area contributed by atoms with Gasteiger partial charge in [-0.2, -0.15) is 0 Å². The number of carbonyl (C=O) groups is 1. The van der Waals surface area contributed by atoms with Crippen molar-refractivity contribution in [1.29, 1.82) is 0 Å².